The molecular weight excluding hydrogens is 675 g/mol. The van der Waals surface area contributed by atoms with E-state index in [1.807, 2.05) is 30.3 Å². The van der Waals surface area contributed by atoms with Crippen molar-refractivity contribution in [3.8, 4) is 17.1 Å². The molecule has 2 N–H and O–H groups in total. The Morgan fingerprint density at radius 1 is 0.940 bits per heavy atom. The SMILES string of the molecule is CN1CCN(C2CCN(C(=O)[C@H](CC(=O)N3CCC(n4nc(-c5ccccc5)[nH]c4=O)CC3)Cc3cc(Cl)c(O)c(C(F)(F)F)c3)CC2)CC1. The van der Waals surface area contributed by atoms with Crippen LogP contribution in [0.3, 0.4) is 0 Å². The average Bonchev–Trinajstić information content (AvgIpc) is 3.50. The standard InChI is InChI=1S/C35H43ClF3N7O4/c1-42-15-17-43(18-16-42)26-7-13-45(14-8-26)33(49)25(19-23-20-28(35(37,38)39)31(48)29(36)21-23)22-30(47)44-11-9-27(10-12-44)46-34(50)40-32(41-46)24-5-3-2-4-6-24/h2-6,20-21,25-27,48H,7-19,22H2,1H3,(H,40,41,50)/t25-/m0/s1. The average molecular weight is 718 g/mol. The number of carbonyl (C=O) groups excluding carboxylic acids is 2. The number of aromatic nitrogens is 3. The first-order chi connectivity index (χ1) is 23.9. The number of benzene rings is 2. The summed E-state index contributed by atoms with van der Waals surface area (Å²) in [7, 11) is 2.10. The van der Waals surface area contributed by atoms with Gasteiger partial charge in [0.15, 0.2) is 5.82 Å². The van der Waals surface area contributed by atoms with E-state index in [0.29, 0.717) is 50.9 Å². The Morgan fingerprint density at radius 2 is 1.56 bits per heavy atom. The van der Waals surface area contributed by atoms with Crippen molar-refractivity contribution < 1.29 is 27.9 Å². The van der Waals surface area contributed by atoms with Gasteiger partial charge in [0.2, 0.25) is 11.8 Å². The topological polar surface area (TPSA) is 118 Å². The number of H-pyrrole nitrogens is 1. The number of phenolic OH excluding ortho intramolecular Hbond substituents is 1. The monoisotopic (exact) mass is 717 g/mol. The number of aromatic hydroxyl groups is 1. The van der Waals surface area contributed by atoms with E-state index in [1.54, 1.807) is 9.80 Å². The zero-order chi connectivity index (χ0) is 35.6. The Labute approximate surface area is 293 Å². The number of aromatic amines is 1. The van der Waals surface area contributed by atoms with E-state index >= 15 is 0 Å². The minimum absolute atomic E-state index is 0.115. The van der Waals surface area contributed by atoms with Crippen LogP contribution >= 0.6 is 11.6 Å². The van der Waals surface area contributed by atoms with Crippen molar-refractivity contribution in [1.29, 1.82) is 0 Å². The van der Waals surface area contributed by atoms with Gasteiger partial charge in [-0.05, 0) is 56.8 Å². The van der Waals surface area contributed by atoms with Crippen molar-refractivity contribution in [2.24, 2.45) is 5.92 Å². The Morgan fingerprint density at radius 3 is 2.20 bits per heavy atom. The number of phenols is 1. The largest absolute Gasteiger partial charge is 0.506 e. The van der Waals surface area contributed by atoms with Crippen LogP contribution < -0.4 is 5.69 Å². The number of halogens is 4. The van der Waals surface area contributed by atoms with Crippen LogP contribution in [0.15, 0.2) is 47.3 Å². The Bertz CT molecular complexity index is 1710. The molecule has 1 aromatic heterocycles. The zero-order valence-electron chi connectivity index (χ0n) is 28.0. The van der Waals surface area contributed by atoms with Gasteiger partial charge in [-0.25, -0.2) is 9.48 Å². The van der Waals surface area contributed by atoms with Crippen molar-refractivity contribution in [2.45, 2.75) is 56.8 Å². The summed E-state index contributed by atoms with van der Waals surface area (Å²) >= 11 is 6.01. The first kappa shape index (κ1) is 35.9. The lowest BCUT2D eigenvalue weighted by atomic mass is 9.91. The number of amides is 2. The van der Waals surface area contributed by atoms with E-state index in [9.17, 15) is 32.7 Å². The van der Waals surface area contributed by atoms with Gasteiger partial charge in [0.25, 0.3) is 0 Å². The van der Waals surface area contributed by atoms with E-state index in [1.165, 1.54) is 10.7 Å². The van der Waals surface area contributed by atoms with E-state index in [4.69, 9.17) is 11.6 Å². The number of nitrogens with zero attached hydrogens (tertiary/aromatic N) is 6. The number of piperidine rings is 2. The molecule has 3 saturated heterocycles. The number of nitrogens with one attached hydrogen (secondary N) is 1. The summed E-state index contributed by atoms with van der Waals surface area (Å²) in [5.41, 5.74) is -0.713. The van der Waals surface area contributed by atoms with Gasteiger partial charge in [-0.1, -0.05) is 41.9 Å². The minimum atomic E-state index is -4.85. The predicted molar refractivity (Wildman–Crippen MR) is 182 cm³/mol. The van der Waals surface area contributed by atoms with Crippen molar-refractivity contribution in [3.05, 3.63) is 69.1 Å². The van der Waals surface area contributed by atoms with E-state index in [-0.39, 0.29) is 42.0 Å². The molecule has 2 aromatic carbocycles. The van der Waals surface area contributed by atoms with Crippen molar-refractivity contribution in [1.82, 2.24) is 34.4 Å². The number of likely N-dealkylation sites (N-methyl/N-ethyl adjacent to an activating group) is 1. The molecule has 15 heteroatoms. The summed E-state index contributed by atoms with van der Waals surface area (Å²) in [6.45, 7) is 5.59. The third-order valence-corrected chi connectivity index (χ3v) is 10.7. The summed E-state index contributed by atoms with van der Waals surface area (Å²) in [6, 6.07) is 11.5. The lowest BCUT2D eigenvalue weighted by molar-refractivity contribution is -0.143. The van der Waals surface area contributed by atoms with Crippen LogP contribution in [-0.4, -0.2) is 117 Å². The molecule has 0 aliphatic carbocycles. The molecule has 0 radical (unpaired) electrons. The molecule has 0 unspecified atom stereocenters. The van der Waals surface area contributed by atoms with Crippen LogP contribution in [0.25, 0.3) is 11.4 Å². The normalized spacial score (nSPS) is 19.5. The number of alkyl halides is 3. The van der Waals surface area contributed by atoms with Gasteiger partial charge in [0.1, 0.15) is 5.75 Å². The maximum atomic E-state index is 14.1. The van der Waals surface area contributed by atoms with Crippen LogP contribution in [0.2, 0.25) is 5.02 Å². The highest BCUT2D eigenvalue weighted by Gasteiger charge is 2.38. The summed E-state index contributed by atoms with van der Waals surface area (Å²) in [4.78, 5) is 51.5. The molecule has 0 saturated carbocycles. The molecule has 270 valence electrons. The minimum Gasteiger partial charge on any atom is -0.506 e. The lowest BCUT2D eigenvalue weighted by Crippen LogP contribution is -2.53. The quantitative estimate of drug-likeness (QED) is 0.358. The molecule has 3 aliphatic heterocycles. The summed E-state index contributed by atoms with van der Waals surface area (Å²) in [5, 5.41) is 14.1. The molecule has 2 amide bonds. The number of hydrogen-bond acceptors (Lipinski definition) is 7. The molecule has 3 aromatic rings. The van der Waals surface area contributed by atoms with E-state index < -0.39 is 28.4 Å². The molecule has 0 spiro atoms. The number of hydrogen-bond donors (Lipinski definition) is 2. The highest BCUT2D eigenvalue weighted by molar-refractivity contribution is 6.32. The molecule has 4 heterocycles. The van der Waals surface area contributed by atoms with Crippen molar-refractivity contribution in [3.63, 3.8) is 0 Å². The molecule has 0 bridgehead atoms. The van der Waals surface area contributed by atoms with Gasteiger partial charge < -0.3 is 19.8 Å². The number of carbonyl (C=O) groups is 2. The second kappa shape index (κ2) is 15.2. The highest BCUT2D eigenvalue weighted by Crippen LogP contribution is 2.41. The van der Waals surface area contributed by atoms with Crippen LogP contribution in [-0.2, 0) is 22.2 Å². The van der Waals surface area contributed by atoms with Gasteiger partial charge >= 0.3 is 11.9 Å². The highest BCUT2D eigenvalue weighted by atomic mass is 35.5. The fourth-order valence-corrected chi connectivity index (χ4v) is 7.67. The maximum absolute atomic E-state index is 14.1. The number of likely N-dealkylation sites (tertiary alicyclic amines) is 2. The third kappa shape index (κ3) is 8.18. The summed E-state index contributed by atoms with van der Waals surface area (Å²) < 4.78 is 42.6. The van der Waals surface area contributed by atoms with Crippen molar-refractivity contribution >= 4 is 23.4 Å². The molecule has 50 heavy (non-hydrogen) atoms. The van der Waals surface area contributed by atoms with Crippen LogP contribution in [0.1, 0.15) is 49.3 Å². The molecular formula is C35H43ClF3N7O4. The Hall–Kier alpha value is -3.88. The fraction of sp³-hybridized carbons (Fsp3) is 0.543. The summed E-state index contributed by atoms with van der Waals surface area (Å²) in [5.74, 6) is -2.09. The second-order valence-electron chi connectivity index (χ2n) is 13.7. The predicted octanol–water partition coefficient (Wildman–Crippen LogP) is 4.27. The molecule has 1 atom stereocenters. The van der Waals surface area contributed by atoms with Gasteiger partial charge in [0, 0.05) is 70.4 Å². The van der Waals surface area contributed by atoms with Gasteiger partial charge in [-0.15, -0.1) is 5.10 Å². The third-order valence-electron chi connectivity index (χ3n) is 10.4. The van der Waals surface area contributed by atoms with Gasteiger partial charge in [-0.2, -0.15) is 13.2 Å². The first-order valence-corrected chi connectivity index (χ1v) is 17.6. The van der Waals surface area contributed by atoms with Gasteiger partial charge in [0.05, 0.1) is 22.5 Å². The molecule has 6 rings (SSSR count). The Balaban J connectivity index is 1.14. The zero-order valence-corrected chi connectivity index (χ0v) is 28.8. The van der Waals surface area contributed by atoms with E-state index in [2.05, 4.69) is 26.9 Å². The molecule has 3 fully saturated rings. The Kier molecular flexibility index (Phi) is 10.9. The van der Waals surface area contributed by atoms with Crippen LogP contribution in [0, 0.1) is 5.92 Å². The van der Waals surface area contributed by atoms with Gasteiger partial charge in [-0.3, -0.25) is 19.5 Å². The molecule has 11 nitrogen and oxygen atoms in total. The van der Waals surface area contributed by atoms with Crippen LogP contribution in [0.5, 0.6) is 5.75 Å². The molecule has 3 aliphatic rings. The van der Waals surface area contributed by atoms with Crippen molar-refractivity contribution in [2.75, 3.05) is 59.4 Å². The smallest absolute Gasteiger partial charge is 0.420 e. The summed E-state index contributed by atoms with van der Waals surface area (Å²) in [6.07, 6.45) is -2.67. The number of rotatable bonds is 8. The number of piperazine rings is 1. The van der Waals surface area contributed by atoms with E-state index in [0.717, 1.165) is 50.7 Å². The van der Waals surface area contributed by atoms with Crippen LogP contribution in [0.4, 0.5) is 13.2 Å². The lowest BCUT2D eigenvalue weighted by Gasteiger charge is -2.42. The second-order valence-corrected chi connectivity index (χ2v) is 14.1. The fourth-order valence-electron chi connectivity index (χ4n) is 7.43. The first-order valence-electron chi connectivity index (χ1n) is 17.2. The maximum Gasteiger partial charge on any atom is 0.420 e.